The predicted octanol–water partition coefficient (Wildman–Crippen LogP) is 8.90. The fourth-order valence-electron chi connectivity index (χ4n) is 4.04. The molecule has 7 nitrogen and oxygen atoms in total. The Hall–Kier alpha value is -2.59. The Kier molecular flexibility index (Phi) is 9.85. The van der Waals surface area contributed by atoms with Crippen LogP contribution in [-0.2, 0) is 9.07 Å². The van der Waals surface area contributed by atoms with Gasteiger partial charge in [0.2, 0.25) is 11.8 Å². The normalized spacial score (nSPS) is 14.8. The van der Waals surface area contributed by atoms with Crippen LogP contribution in [0.2, 0.25) is 10.0 Å². The lowest BCUT2D eigenvalue weighted by Crippen LogP contribution is -2.02. The minimum Gasteiger partial charge on any atom is -0.436 e. The molecule has 3 aromatic carbocycles. The molecule has 1 saturated heterocycles. The van der Waals surface area contributed by atoms with Gasteiger partial charge in [-0.25, -0.2) is 15.2 Å². The smallest absolute Gasteiger partial charge is 0.228 e. The highest BCUT2D eigenvalue weighted by Gasteiger charge is 2.18. The third-order valence-corrected chi connectivity index (χ3v) is 6.37. The van der Waals surface area contributed by atoms with Crippen LogP contribution in [0.1, 0.15) is 32.6 Å². The second-order valence-electron chi connectivity index (χ2n) is 8.29. The highest BCUT2D eigenvalue weighted by Crippen LogP contribution is 2.38. The van der Waals surface area contributed by atoms with Crippen molar-refractivity contribution >= 4 is 58.3 Å². The molecule has 0 aliphatic carbocycles. The van der Waals surface area contributed by atoms with Crippen LogP contribution < -0.4 is 0 Å². The van der Waals surface area contributed by atoms with E-state index in [1.165, 1.54) is 25.7 Å². The van der Waals surface area contributed by atoms with E-state index >= 15 is 0 Å². The van der Waals surface area contributed by atoms with Crippen LogP contribution in [0.5, 0.6) is 0 Å². The molecule has 5 aromatic rings. The first kappa shape index (κ1) is 27.4. The lowest BCUT2D eigenvalue weighted by Gasteiger charge is -2.05. The largest absolute Gasteiger partial charge is 0.436 e. The molecule has 10 heteroatoms. The summed E-state index contributed by atoms with van der Waals surface area (Å²) in [5, 5.41) is 7.85. The standard InChI is InChI=1S/C20H10Cl2N2O2.C7H14O.H2O2S/c21-13-10-12(20-24-16-6-2-4-8-18(16)26-20)14(22)9-11(13)19-23-15-5-1-3-7-17(15)25-19;1-2-4-7-5-3-6-8-7;1-2-3/h1-10H;7H,2-6H2,1H3;1,3H. The van der Waals surface area contributed by atoms with Crippen LogP contribution in [0.3, 0.4) is 0 Å². The average molecular weight is 561 g/mol. The summed E-state index contributed by atoms with van der Waals surface area (Å²) < 4.78 is 19.9. The van der Waals surface area contributed by atoms with Gasteiger partial charge in [0, 0.05) is 19.5 Å². The maximum atomic E-state index is 6.93. The Labute approximate surface area is 229 Å². The van der Waals surface area contributed by atoms with E-state index in [0.717, 1.165) is 17.6 Å². The van der Waals surface area contributed by atoms with Gasteiger partial charge >= 0.3 is 0 Å². The quantitative estimate of drug-likeness (QED) is 0.0980. The van der Waals surface area contributed by atoms with Gasteiger partial charge in [-0.1, -0.05) is 60.8 Å². The highest BCUT2D eigenvalue weighted by molar-refractivity contribution is 7.74. The van der Waals surface area contributed by atoms with E-state index < -0.39 is 0 Å². The van der Waals surface area contributed by atoms with E-state index in [-0.39, 0.29) is 0 Å². The van der Waals surface area contributed by atoms with Crippen molar-refractivity contribution in [3.05, 3.63) is 70.7 Å². The van der Waals surface area contributed by atoms with E-state index in [2.05, 4.69) is 34.1 Å². The van der Waals surface area contributed by atoms with Gasteiger partial charge in [-0.3, -0.25) is 0 Å². The van der Waals surface area contributed by atoms with Crippen molar-refractivity contribution in [1.29, 1.82) is 0 Å². The number of fused-ring (bicyclic) bond motifs is 2. The van der Waals surface area contributed by atoms with Crippen LogP contribution in [0, 0.1) is 0 Å². The van der Waals surface area contributed by atoms with Gasteiger partial charge in [0.25, 0.3) is 0 Å². The van der Waals surface area contributed by atoms with E-state index in [1.54, 1.807) is 12.1 Å². The van der Waals surface area contributed by atoms with Gasteiger partial charge in [-0.2, -0.15) is 4.33 Å². The van der Waals surface area contributed by atoms with Crippen molar-refractivity contribution < 1.29 is 23.2 Å². The predicted molar refractivity (Wildman–Crippen MR) is 149 cm³/mol. The molecule has 6 rings (SSSR count). The lowest BCUT2D eigenvalue weighted by molar-refractivity contribution is -0.113. The minimum absolute atomic E-state index is 0.419. The Morgan fingerprint density at radius 1 is 0.919 bits per heavy atom. The minimum atomic E-state index is 0.419. The van der Waals surface area contributed by atoms with Gasteiger partial charge in [-0.15, -0.1) is 0 Å². The average Bonchev–Trinajstić information content (AvgIpc) is 3.65. The van der Waals surface area contributed by atoms with Gasteiger partial charge in [0.15, 0.2) is 11.2 Å². The molecule has 1 aliphatic rings. The molecule has 1 unspecified atom stereocenters. The second kappa shape index (κ2) is 13.3. The van der Waals surface area contributed by atoms with Crippen LogP contribution in [-0.4, -0.2) is 27.9 Å². The van der Waals surface area contributed by atoms with Crippen molar-refractivity contribution in [3.63, 3.8) is 0 Å². The third kappa shape index (κ3) is 6.84. The second-order valence-corrected chi connectivity index (χ2v) is 9.27. The summed E-state index contributed by atoms with van der Waals surface area (Å²) in [4.78, 5) is 8.95. The van der Waals surface area contributed by atoms with Crippen molar-refractivity contribution in [1.82, 2.24) is 9.97 Å². The van der Waals surface area contributed by atoms with Crippen molar-refractivity contribution in [2.75, 3.05) is 6.61 Å². The monoisotopic (exact) mass is 560 g/mol. The Bertz CT molecular complexity index is 1280. The van der Waals surface area contributed by atoms with Gasteiger partial charge < -0.3 is 13.6 Å². The van der Waals surface area contributed by atoms with E-state index in [9.17, 15) is 0 Å². The topological polar surface area (TPSA) is 90.8 Å². The van der Waals surface area contributed by atoms with E-state index in [4.69, 9.17) is 42.0 Å². The first-order valence-electron chi connectivity index (χ1n) is 11.8. The molecule has 0 amide bonds. The number of thiol groups is 1. The molecule has 1 atom stereocenters. The van der Waals surface area contributed by atoms with Gasteiger partial charge in [-0.05, 0) is 55.7 Å². The van der Waals surface area contributed by atoms with Crippen LogP contribution in [0.4, 0.5) is 0 Å². The van der Waals surface area contributed by atoms with Crippen LogP contribution >= 0.6 is 36.1 Å². The Morgan fingerprint density at radius 2 is 1.41 bits per heavy atom. The van der Waals surface area contributed by atoms with Crippen molar-refractivity contribution in [3.8, 4) is 22.9 Å². The number of benzene rings is 3. The maximum absolute atomic E-state index is 6.93. The fraction of sp³-hybridized carbons (Fsp3) is 0.259. The van der Waals surface area contributed by atoms with Crippen molar-refractivity contribution in [2.24, 2.45) is 0 Å². The number of ether oxygens (including phenoxy) is 1. The number of hydrogen-bond acceptors (Lipinski definition) is 8. The summed E-state index contributed by atoms with van der Waals surface area (Å²) in [6.45, 7) is 3.21. The van der Waals surface area contributed by atoms with Crippen LogP contribution in [0.15, 0.2) is 69.5 Å². The summed E-state index contributed by atoms with van der Waals surface area (Å²) in [6, 6.07) is 18.5. The zero-order chi connectivity index (χ0) is 26.2. The van der Waals surface area contributed by atoms with E-state index in [0.29, 0.717) is 50.2 Å². The molecule has 3 heterocycles. The third-order valence-electron chi connectivity index (χ3n) is 5.74. The molecule has 194 valence electrons. The molecule has 1 fully saturated rings. The summed E-state index contributed by atoms with van der Waals surface area (Å²) in [7, 11) is 0. The first-order chi connectivity index (χ1) is 18.0. The molecule has 1 N–H and O–H groups in total. The number of oxazole rings is 2. The summed E-state index contributed by atoms with van der Waals surface area (Å²) in [6.07, 6.45) is 5.73. The SMILES string of the molecule is CCCC1CCCO1.Clc1cc(-c2nc3ccccc3o2)c(Cl)cc1-c1nc2ccccc2o1.OOS. The number of rotatable bonds is 4. The van der Waals surface area contributed by atoms with E-state index in [1.807, 2.05) is 48.5 Å². The number of hydrogen-bond donors (Lipinski definition) is 2. The summed E-state index contributed by atoms with van der Waals surface area (Å²) >= 11 is 15.8. The number of nitrogens with zero attached hydrogens (tertiary/aromatic N) is 2. The fourth-order valence-corrected chi connectivity index (χ4v) is 4.53. The highest BCUT2D eigenvalue weighted by atomic mass is 35.5. The molecule has 37 heavy (non-hydrogen) atoms. The Balaban J connectivity index is 0.000000245. The first-order valence-corrected chi connectivity index (χ1v) is 12.9. The number of halogens is 2. The van der Waals surface area contributed by atoms with Gasteiger partial charge in [0.1, 0.15) is 11.0 Å². The molecule has 1 aliphatic heterocycles. The zero-order valence-electron chi connectivity index (χ0n) is 20.1. The van der Waals surface area contributed by atoms with Crippen molar-refractivity contribution in [2.45, 2.75) is 38.7 Å². The maximum Gasteiger partial charge on any atom is 0.228 e. The zero-order valence-corrected chi connectivity index (χ0v) is 22.5. The molecular weight excluding hydrogens is 535 g/mol. The molecule has 2 aromatic heterocycles. The van der Waals surface area contributed by atoms with Crippen LogP contribution in [0.25, 0.3) is 45.1 Å². The molecule has 0 bridgehead atoms. The Morgan fingerprint density at radius 3 is 1.81 bits per heavy atom. The van der Waals surface area contributed by atoms with Gasteiger partial charge in [0.05, 0.1) is 27.3 Å². The molecule has 0 spiro atoms. The number of para-hydroxylation sites is 4. The molecule has 0 radical (unpaired) electrons. The lowest BCUT2D eigenvalue weighted by atomic mass is 10.1. The number of aromatic nitrogens is 2. The molecule has 0 saturated carbocycles. The molecular formula is C27H26Cl2N2O5S. The summed E-state index contributed by atoms with van der Waals surface area (Å²) in [5.41, 5.74) is 4.14. The summed E-state index contributed by atoms with van der Waals surface area (Å²) in [5.74, 6) is 0.837.